The minimum Gasteiger partial charge on any atom is -0.192 e. The molecule has 0 amide bonds. The molecule has 0 saturated carbocycles. The molecule has 1 aromatic heterocycles. The predicted octanol–water partition coefficient (Wildman–Crippen LogP) is 1.60. The molecular formula is C7H3N2S. The third-order valence-corrected chi connectivity index (χ3v) is 1.97. The Morgan fingerprint density at radius 1 is 1.40 bits per heavy atom. The molecule has 0 aliphatic rings. The summed E-state index contributed by atoms with van der Waals surface area (Å²) in [6.45, 7) is 1.81. The van der Waals surface area contributed by atoms with Gasteiger partial charge in [-0.1, -0.05) is 0 Å². The highest BCUT2D eigenvalue weighted by Gasteiger charge is 2.02. The predicted molar refractivity (Wildman–Crippen MR) is 37.3 cm³/mol. The number of aryl methyl sites for hydroxylation is 1. The lowest BCUT2D eigenvalue weighted by molar-refractivity contribution is 1.46. The van der Waals surface area contributed by atoms with Crippen LogP contribution < -0.4 is 0 Å². The van der Waals surface area contributed by atoms with Crippen molar-refractivity contribution in [1.82, 2.24) is 0 Å². The molecule has 2 nitrogen and oxygen atoms in total. The van der Waals surface area contributed by atoms with E-state index >= 15 is 0 Å². The van der Waals surface area contributed by atoms with Gasteiger partial charge in [-0.2, -0.15) is 10.5 Å². The second-order valence-corrected chi connectivity index (χ2v) is 2.94. The van der Waals surface area contributed by atoms with Crippen LogP contribution in [0.3, 0.4) is 0 Å². The number of hydrogen-bond acceptors (Lipinski definition) is 3. The van der Waals surface area contributed by atoms with Crippen LogP contribution >= 0.6 is 11.3 Å². The quantitative estimate of drug-likeness (QED) is 0.559. The highest BCUT2D eigenvalue weighted by atomic mass is 32.1. The average molecular weight is 147 g/mol. The molecule has 0 N–H and O–H groups in total. The Labute approximate surface area is 63.0 Å². The van der Waals surface area contributed by atoms with Gasteiger partial charge in [-0.25, -0.2) is 0 Å². The maximum Gasteiger partial charge on any atom is 0.114 e. The van der Waals surface area contributed by atoms with Crippen LogP contribution in [0, 0.1) is 35.7 Å². The summed E-state index contributed by atoms with van der Waals surface area (Å²) in [5.41, 5.74) is 0.488. The van der Waals surface area contributed by atoms with Crippen molar-refractivity contribution in [2.24, 2.45) is 0 Å². The van der Waals surface area contributed by atoms with Crippen molar-refractivity contribution in [3.8, 4) is 12.1 Å². The minimum absolute atomic E-state index is 0.481. The minimum atomic E-state index is 0.481. The van der Waals surface area contributed by atoms with Gasteiger partial charge in [-0.15, -0.1) is 11.3 Å². The zero-order chi connectivity index (χ0) is 7.56. The summed E-state index contributed by atoms with van der Waals surface area (Å²) in [6, 6.07) is 6.57. The molecule has 0 aliphatic heterocycles. The molecule has 0 fully saturated rings. The fraction of sp³-hybridized carbons (Fsp3) is 0.143. The molecule has 0 saturated heterocycles. The van der Waals surface area contributed by atoms with E-state index in [9.17, 15) is 0 Å². The summed E-state index contributed by atoms with van der Waals surface area (Å²) in [4.78, 5) is 1.34. The van der Waals surface area contributed by atoms with Crippen molar-refractivity contribution < 1.29 is 0 Å². The first-order valence-electron chi connectivity index (χ1n) is 2.61. The monoisotopic (exact) mass is 147 g/mol. The number of nitriles is 2. The van der Waals surface area contributed by atoms with Crippen LogP contribution in [0.15, 0.2) is 0 Å². The van der Waals surface area contributed by atoms with E-state index in [-0.39, 0.29) is 0 Å². The molecule has 47 valence electrons. The Morgan fingerprint density at radius 3 is 2.40 bits per heavy atom. The first-order valence-corrected chi connectivity index (χ1v) is 3.42. The Kier molecular flexibility index (Phi) is 1.71. The highest BCUT2D eigenvalue weighted by molar-refractivity contribution is 7.12. The molecule has 0 spiro atoms. The fourth-order valence-electron chi connectivity index (χ4n) is 0.589. The SMILES string of the molecule is Cc1sc(C#N)[c]c1C#N. The molecule has 0 unspecified atom stereocenters. The van der Waals surface area contributed by atoms with Crippen LogP contribution in [0.5, 0.6) is 0 Å². The molecule has 0 aromatic carbocycles. The third kappa shape index (κ3) is 1.00. The molecule has 3 heteroatoms. The van der Waals surface area contributed by atoms with Crippen LogP contribution in [0.1, 0.15) is 15.3 Å². The molecule has 10 heavy (non-hydrogen) atoms. The van der Waals surface area contributed by atoms with E-state index in [0.717, 1.165) is 4.88 Å². The van der Waals surface area contributed by atoms with E-state index in [1.165, 1.54) is 11.3 Å². The molecule has 0 bridgehead atoms. The zero-order valence-electron chi connectivity index (χ0n) is 5.30. The maximum atomic E-state index is 8.44. The Morgan fingerprint density at radius 2 is 2.10 bits per heavy atom. The first-order chi connectivity index (χ1) is 4.77. The van der Waals surface area contributed by atoms with Gasteiger partial charge in [-0.3, -0.25) is 0 Å². The Hall–Kier alpha value is -1.32. The van der Waals surface area contributed by atoms with Crippen molar-refractivity contribution >= 4 is 11.3 Å². The van der Waals surface area contributed by atoms with Crippen molar-refractivity contribution in [1.29, 1.82) is 10.5 Å². The van der Waals surface area contributed by atoms with Gasteiger partial charge in [0, 0.05) is 10.9 Å². The van der Waals surface area contributed by atoms with Crippen LogP contribution in [0.25, 0.3) is 0 Å². The number of thiophene rings is 1. The van der Waals surface area contributed by atoms with Crippen LogP contribution in [0.4, 0.5) is 0 Å². The van der Waals surface area contributed by atoms with Crippen LogP contribution in [0.2, 0.25) is 0 Å². The topological polar surface area (TPSA) is 47.6 Å². The second kappa shape index (κ2) is 2.51. The van der Waals surface area contributed by atoms with E-state index in [2.05, 4.69) is 6.07 Å². The summed E-state index contributed by atoms with van der Waals surface area (Å²) >= 11 is 1.30. The Balaban J connectivity index is 3.23. The smallest absolute Gasteiger partial charge is 0.114 e. The lowest BCUT2D eigenvalue weighted by Crippen LogP contribution is -1.67. The largest absolute Gasteiger partial charge is 0.192 e. The van der Waals surface area contributed by atoms with Gasteiger partial charge in [0.25, 0.3) is 0 Å². The number of nitrogens with zero attached hydrogens (tertiary/aromatic N) is 2. The van der Waals surface area contributed by atoms with E-state index in [1.54, 1.807) is 6.92 Å². The lowest BCUT2D eigenvalue weighted by atomic mass is 10.3. The van der Waals surface area contributed by atoms with Crippen molar-refractivity contribution in [2.45, 2.75) is 6.92 Å². The van der Waals surface area contributed by atoms with Gasteiger partial charge in [0.1, 0.15) is 17.0 Å². The summed E-state index contributed by atoms with van der Waals surface area (Å²) < 4.78 is 0. The van der Waals surface area contributed by atoms with E-state index in [0.29, 0.717) is 10.4 Å². The molecule has 1 rings (SSSR count). The Bertz CT molecular complexity index is 324. The molecule has 1 aromatic rings. The van der Waals surface area contributed by atoms with Gasteiger partial charge < -0.3 is 0 Å². The molecule has 1 heterocycles. The normalized spacial score (nSPS) is 8.30. The van der Waals surface area contributed by atoms with Crippen LogP contribution in [-0.4, -0.2) is 0 Å². The summed E-state index contributed by atoms with van der Waals surface area (Å²) in [6.07, 6.45) is 0. The van der Waals surface area contributed by atoms with Gasteiger partial charge in [0.2, 0.25) is 0 Å². The molecule has 0 aliphatic carbocycles. The van der Waals surface area contributed by atoms with Crippen LogP contribution in [-0.2, 0) is 0 Å². The average Bonchev–Trinajstić information content (AvgIpc) is 2.30. The second-order valence-electron chi connectivity index (χ2n) is 1.71. The van der Waals surface area contributed by atoms with E-state index < -0.39 is 0 Å². The maximum absolute atomic E-state index is 8.44. The summed E-state index contributed by atoms with van der Waals surface area (Å²) in [5.74, 6) is 0. The number of hydrogen-bond donors (Lipinski definition) is 0. The van der Waals surface area contributed by atoms with Gasteiger partial charge in [0.05, 0.1) is 5.56 Å². The van der Waals surface area contributed by atoms with Crippen molar-refractivity contribution in [3.63, 3.8) is 0 Å². The third-order valence-electron chi connectivity index (χ3n) is 1.06. The van der Waals surface area contributed by atoms with Gasteiger partial charge >= 0.3 is 0 Å². The molecule has 0 atom stereocenters. The highest BCUT2D eigenvalue weighted by Crippen LogP contribution is 2.18. The molecular weight excluding hydrogens is 144 g/mol. The standard InChI is InChI=1S/C7H3N2S/c1-5-6(3-8)2-7(4-9)10-5/h1H3. The first kappa shape index (κ1) is 6.80. The van der Waals surface area contributed by atoms with Crippen molar-refractivity contribution in [2.75, 3.05) is 0 Å². The van der Waals surface area contributed by atoms with E-state index in [1.807, 2.05) is 12.1 Å². The van der Waals surface area contributed by atoms with Gasteiger partial charge in [0.15, 0.2) is 0 Å². The summed E-state index contributed by atoms with van der Waals surface area (Å²) in [5, 5.41) is 16.8. The van der Waals surface area contributed by atoms with E-state index in [4.69, 9.17) is 10.5 Å². The van der Waals surface area contributed by atoms with Crippen molar-refractivity contribution in [3.05, 3.63) is 21.4 Å². The van der Waals surface area contributed by atoms with Gasteiger partial charge in [-0.05, 0) is 6.92 Å². The zero-order valence-corrected chi connectivity index (χ0v) is 6.12. The lowest BCUT2D eigenvalue weighted by Gasteiger charge is -1.76. The fourth-order valence-corrected chi connectivity index (χ4v) is 1.29. The number of rotatable bonds is 0. The molecule has 1 radical (unpaired) electrons. The summed E-state index contributed by atoms with van der Waals surface area (Å²) in [7, 11) is 0.